The molecule has 1 saturated heterocycles. The molecule has 1 aromatic heterocycles. The molecule has 0 aromatic carbocycles. The number of hydrogen-bond donors (Lipinski definition) is 1. The van der Waals surface area contributed by atoms with Gasteiger partial charge in [0, 0.05) is 18.4 Å². The Morgan fingerprint density at radius 1 is 1.45 bits per heavy atom. The lowest BCUT2D eigenvalue weighted by Gasteiger charge is -2.27. The molecule has 1 fully saturated rings. The van der Waals surface area contributed by atoms with Gasteiger partial charge in [-0.15, -0.1) is 0 Å². The lowest BCUT2D eigenvalue weighted by atomic mass is 9.99. The Morgan fingerprint density at radius 3 is 2.73 bits per heavy atom. The Hall–Kier alpha value is -0.890. The predicted molar refractivity (Wildman–Crippen MR) is 44.3 cm³/mol. The maximum Gasteiger partial charge on any atom is 0.0270 e. The van der Waals surface area contributed by atoms with E-state index in [1.807, 2.05) is 12.4 Å². The summed E-state index contributed by atoms with van der Waals surface area (Å²) in [5.41, 5.74) is 1.39. The van der Waals surface area contributed by atoms with Crippen LogP contribution in [0.4, 0.5) is 0 Å². The van der Waals surface area contributed by atoms with Crippen LogP contribution in [0.3, 0.4) is 0 Å². The van der Waals surface area contributed by atoms with E-state index in [4.69, 9.17) is 0 Å². The Kier molecular flexibility index (Phi) is 1.86. The predicted octanol–water partition coefficient (Wildman–Crippen LogP) is 0.986. The maximum atomic E-state index is 3.98. The molecule has 2 nitrogen and oxygen atoms in total. The second-order valence-electron chi connectivity index (χ2n) is 3.00. The van der Waals surface area contributed by atoms with Crippen LogP contribution in [-0.2, 0) is 6.42 Å². The number of hydrogen-bond acceptors (Lipinski definition) is 2. The van der Waals surface area contributed by atoms with Crippen molar-refractivity contribution in [2.75, 3.05) is 6.54 Å². The van der Waals surface area contributed by atoms with Crippen molar-refractivity contribution >= 4 is 0 Å². The zero-order chi connectivity index (χ0) is 7.52. The van der Waals surface area contributed by atoms with Crippen molar-refractivity contribution in [1.29, 1.82) is 0 Å². The minimum Gasteiger partial charge on any atom is -0.314 e. The number of aromatic nitrogens is 1. The summed E-state index contributed by atoms with van der Waals surface area (Å²) >= 11 is 0. The Balaban J connectivity index is 1.95. The van der Waals surface area contributed by atoms with E-state index in [-0.39, 0.29) is 0 Å². The normalized spacial score (nSPS) is 22.7. The monoisotopic (exact) mass is 148 g/mol. The van der Waals surface area contributed by atoms with Gasteiger partial charge >= 0.3 is 0 Å². The highest BCUT2D eigenvalue weighted by Gasteiger charge is 2.15. The molecule has 2 heterocycles. The van der Waals surface area contributed by atoms with Crippen LogP contribution < -0.4 is 5.32 Å². The van der Waals surface area contributed by atoms with Gasteiger partial charge in [0.25, 0.3) is 0 Å². The summed E-state index contributed by atoms with van der Waals surface area (Å²) in [6, 6.07) is 4.89. The molecule has 0 radical (unpaired) electrons. The lowest BCUT2D eigenvalue weighted by molar-refractivity contribution is 0.369. The SMILES string of the molecule is c1cc(CC2CCN2)ccn1. The van der Waals surface area contributed by atoms with Crippen LogP contribution in [0.1, 0.15) is 12.0 Å². The van der Waals surface area contributed by atoms with Crippen LogP contribution in [0, 0.1) is 0 Å². The standard InChI is InChI=1S/C9H12N2/c1-4-10-5-2-8(1)7-9-3-6-11-9/h1-2,4-5,9,11H,3,6-7H2. The molecule has 0 aliphatic carbocycles. The van der Waals surface area contributed by atoms with Gasteiger partial charge < -0.3 is 5.32 Å². The first-order chi connectivity index (χ1) is 5.45. The first-order valence-electron chi connectivity index (χ1n) is 4.07. The second kappa shape index (κ2) is 3.01. The van der Waals surface area contributed by atoms with Crippen molar-refractivity contribution in [3.63, 3.8) is 0 Å². The summed E-state index contributed by atoms with van der Waals surface area (Å²) in [5, 5.41) is 3.37. The molecule has 1 unspecified atom stereocenters. The summed E-state index contributed by atoms with van der Waals surface area (Å²) in [6.45, 7) is 1.19. The average molecular weight is 148 g/mol. The lowest BCUT2D eigenvalue weighted by Crippen LogP contribution is -2.44. The van der Waals surface area contributed by atoms with Gasteiger partial charge in [-0.2, -0.15) is 0 Å². The smallest absolute Gasteiger partial charge is 0.0270 e. The summed E-state index contributed by atoms with van der Waals surface area (Å²) < 4.78 is 0. The first-order valence-corrected chi connectivity index (χ1v) is 4.07. The number of nitrogens with one attached hydrogen (secondary N) is 1. The average Bonchev–Trinajstić information content (AvgIpc) is 1.99. The molecule has 1 aliphatic heterocycles. The van der Waals surface area contributed by atoms with Crippen LogP contribution in [0.25, 0.3) is 0 Å². The first kappa shape index (κ1) is 6.80. The van der Waals surface area contributed by atoms with E-state index in [2.05, 4.69) is 22.4 Å². The molecular weight excluding hydrogens is 136 g/mol. The molecule has 1 aromatic rings. The molecule has 1 aliphatic rings. The number of rotatable bonds is 2. The molecule has 2 rings (SSSR count). The molecular formula is C9H12N2. The van der Waals surface area contributed by atoms with Crippen molar-refractivity contribution in [2.45, 2.75) is 18.9 Å². The quantitative estimate of drug-likeness (QED) is 0.676. The highest BCUT2D eigenvalue weighted by molar-refractivity contribution is 5.12. The van der Waals surface area contributed by atoms with Crippen molar-refractivity contribution in [2.24, 2.45) is 0 Å². The van der Waals surface area contributed by atoms with Crippen molar-refractivity contribution in [1.82, 2.24) is 10.3 Å². The Morgan fingerprint density at radius 2 is 2.18 bits per heavy atom. The molecule has 2 heteroatoms. The van der Waals surface area contributed by atoms with Gasteiger partial charge in [-0.25, -0.2) is 0 Å². The van der Waals surface area contributed by atoms with Crippen LogP contribution >= 0.6 is 0 Å². The molecule has 0 saturated carbocycles. The van der Waals surface area contributed by atoms with Crippen molar-refractivity contribution in [3.8, 4) is 0 Å². The highest BCUT2D eigenvalue weighted by Crippen LogP contribution is 2.09. The zero-order valence-electron chi connectivity index (χ0n) is 6.46. The third-order valence-corrected chi connectivity index (χ3v) is 2.16. The van der Waals surface area contributed by atoms with E-state index in [0.29, 0.717) is 0 Å². The minimum atomic E-state index is 0.720. The van der Waals surface area contributed by atoms with E-state index in [9.17, 15) is 0 Å². The molecule has 0 spiro atoms. The Bertz CT molecular complexity index is 216. The molecule has 1 atom stereocenters. The fourth-order valence-electron chi connectivity index (χ4n) is 1.33. The van der Waals surface area contributed by atoms with Gasteiger partial charge in [-0.1, -0.05) is 0 Å². The molecule has 0 amide bonds. The molecule has 11 heavy (non-hydrogen) atoms. The van der Waals surface area contributed by atoms with E-state index in [1.54, 1.807) is 0 Å². The summed E-state index contributed by atoms with van der Waals surface area (Å²) in [4.78, 5) is 3.98. The fraction of sp³-hybridized carbons (Fsp3) is 0.444. The summed E-state index contributed by atoms with van der Waals surface area (Å²) in [6.07, 6.45) is 6.19. The summed E-state index contributed by atoms with van der Waals surface area (Å²) in [7, 11) is 0. The van der Waals surface area contributed by atoms with Crippen LogP contribution in [0.2, 0.25) is 0 Å². The maximum absolute atomic E-state index is 3.98. The van der Waals surface area contributed by atoms with Gasteiger partial charge in [0.2, 0.25) is 0 Å². The van der Waals surface area contributed by atoms with E-state index in [1.165, 1.54) is 18.5 Å². The second-order valence-corrected chi connectivity index (χ2v) is 3.00. The van der Waals surface area contributed by atoms with Gasteiger partial charge in [0.05, 0.1) is 0 Å². The molecule has 0 bridgehead atoms. The van der Waals surface area contributed by atoms with E-state index in [0.717, 1.165) is 12.5 Å². The van der Waals surface area contributed by atoms with Crippen LogP contribution in [-0.4, -0.2) is 17.6 Å². The van der Waals surface area contributed by atoms with Crippen LogP contribution in [0.5, 0.6) is 0 Å². The number of nitrogens with zero attached hydrogens (tertiary/aromatic N) is 1. The van der Waals surface area contributed by atoms with Gasteiger partial charge in [-0.05, 0) is 37.1 Å². The molecule has 58 valence electrons. The third-order valence-electron chi connectivity index (χ3n) is 2.16. The fourth-order valence-corrected chi connectivity index (χ4v) is 1.33. The van der Waals surface area contributed by atoms with Gasteiger partial charge in [0.15, 0.2) is 0 Å². The third kappa shape index (κ3) is 1.57. The topological polar surface area (TPSA) is 24.9 Å². The number of pyridine rings is 1. The minimum absolute atomic E-state index is 0.720. The highest BCUT2D eigenvalue weighted by atomic mass is 15.0. The van der Waals surface area contributed by atoms with Crippen molar-refractivity contribution in [3.05, 3.63) is 30.1 Å². The Labute approximate surface area is 66.7 Å². The van der Waals surface area contributed by atoms with E-state index < -0.39 is 0 Å². The molecule has 1 N–H and O–H groups in total. The largest absolute Gasteiger partial charge is 0.314 e. The summed E-state index contributed by atoms with van der Waals surface area (Å²) in [5.74, 6) is 0. The zero-order valence-corrected chi connectivity index (χ0v) is 6.46. The van der Waals surface area contributed by atoms with E-state index >= 15 is 0 Å². The van der Waals surface area contributed by atoms with Crippen LogP contribution in [0.15, 0.2) is 24.5 Å². The van der Waals surface area contributed by atoms with Gasteiger partial charge in [0.1, 0.15) is 0 Å². The van der Waals surface area contributed by atoms with Gasteiger partial charge in [-0.3, -0.25) is 4.98 Å². The van der Waals surface area contributed by atoms with Crippen molar-refractivity contribution < 1.29 is 0 Å².